The summed E-state index contributed by atoms with van der Waals surface area (Å²) in [7, 11) is 0. The normalized spacial score (nSPS) is 18.3. The van der Waals surface area contributed by atoms with E-state index in [2.05, 4.69) is 5.32 Å². The number of benzene rings is 2. The molecule has 0 saturated carbocycles. The predicted octanol–water partition coefficient (Wildman–Crippen LogP) is 2.43. The first-order chi connectivity index (χ1) is 11.6. The molecule has 24 heavy (non-hydrogen) atoms. The number of carbonyl (C=O) groups is 2. The predicted molar refractivity (Wildman–Crippen MR) is 93.4 cm³/mol. The van der Waals surface area contributed by atoms with E-state index in [1.54, 1.807) is 0 Å². The number of amides is 2. The molecule has 2 amide bonds. The molecule has 2 aromatic carbocycles. The minimum absolute atomic E-state index is 0.231. The molecule has 5 nitrogen and oxygen atoms in total. The maximum absolute atomic E-state index is 11.6. The van der Waals surface area contributed by atoms with Crippen LogP contribution < -0.4 is 10.1 Å². The van der Waals surface area contributed by atoms with Crippen molar-refractivity contribution < 1.29 is 19.4 Å². The van der Waals surface area contributed by atoms with Crippen LogP contribution in [0, 0.1) is 0 Å². The molecular formula is C18H18NO4S+. The van der Waals surface area contributed by atoms with Crippen molar-refractivity contribution in [1.82, 2.24) is 5.32 Å². The van der Waals surface area contributed by atoms with Crippen LogP contribution in [0.25, 0.3) is 0 Å². The Morgan fingerprint density at radius 2 is 1.79 bits per heavy atom. The Balaban J connectivity index is 1.53. The average molecular weight is 344 g/mol. The van der Waals surface area contributed by atoms with Crippen LogP contribution in [0.4, 0.5) is 4.79 Å². The van der Waals surface area contributed by atoms with Crippen molar-refractivity contribution >= 4 is 22.9 Å². The Kier molecular flexibility index (Phi) is 5.17. The SMILES string of the molecule is O=C1NC(=O)C(Cc2ccc(OC[C@@H]([OH2+])c3ccccc3)cc2)S1. The lowest BCUT2D eigenvalue weighted by Crippen LogP contribution is -2.25. The molecule has 1 aliphatic rings. The van der Waals surface area contributed by atoms with Gasteiger partial charge in [-0.05, 0) is 24.1 Å². The summed E-state index contributed by atoms with van der Waals surface area (Å²) in [5.74, 6) is 0.455. The molecule has 1 heterocycles. The van der Waals surface area contributed by atoms with E-state index < -0.39 is 6.10 Å². The highest BCUT2D eigenvalue weighted by Gasteiger charge is 2.31. The zero-order valence-electron chi connectivity index (χ0n) is 12.9. The molecule has 1 fully saturated rings. The molecule has 0 bridgehead atoms. The minimum Gasteiger partial charge on any atom is -0.485 e. The lowest BCUT2D eigenvalue weighted by atomic mass is 10.1. The topological polar surface area (TPSA) is 78.3 Å². The molecule has 1 aliphatic heterocycles. The van der Waals surface area contributed by atoms with Crippen LogP contribution in [-0.4, -0.2) is 28.1 Å². The van der Waals surface area contributed by atoms with Crippen LogP contribution in [0.5, 0.6) is 5.75 Å². The van der Waals surface area contributed by atoms with E-state index in [1.165, 1.54) is 0 Å². The molecule has 6 heteroatoms. The second kappa shape index (κ2) is 7.51. The van der Waals surface area contributed by atoms with Gasteiger partial charge in [-0.1, -0.05) is 54.2 Å². The lowest BCUT2D eigenvalue weighted by molar-refractivity contribution is -0.118. The maximum Gasteiger partial charge on any atom is 0.286 e. The molecule has 0 radical (unpaired) electrons. The van der Waals surface area contributed by atoms with Gasteiger partial charge in [-0.2, -0.15) is 0 Å². The molecule has 124 valence electrons. The summed E-state index contributed by atoms with van der Waals surface area (Å²) >= 11 is 1.03. The van der Waals surface area contributed by atoms with Gasteiger partial charge in [-0.25, -0.2) is 0 Å². The number of rotatable bonds is 6. The van der Waals surface area contributed by atoms with E-state index in [4.69, 9.17) is 9.84 Å². The summed E-state index contributed by atoms with van der Waals surface area (Å²) in [5.41, 5.74) is 1.89. The van der Waals surface area contributed by atoms with Crippen molar-refractivity contribution in [2.75, 3.05) is 6.61 Å². The van der Waals surface area contributed by atoms with E-state index in [-0.39, 0.29) is 23.0 Å². The van der Waals surface area contributed by atoms with Crippen molar-refractivity contribution in [3.63, 3.8) is 0 Å². The Hall–Kier alpha value is -2.31. The summed E-state index contributed by atoms with van der Waals surface area (Å²) in [6.07, 6.45) is 0.0728. The molecule has 2 atom stereocenters. The first-order valence-corrected chi connectivity index (χ1v) is 8.49. The fourth-order valence-electron chi connectivity index (χ4n) is 2.42. The van der Waals surface area contributed by atoms with Gasteiger partial charge >= 0.3 is 0 Å². The third-order valence-corrected chi connectivity index (χ3v) is 4.71. The van der Waals surface area contributed by atoms with E-state index in [1.807, 2.05) is 54.6 Å². The Morgan fingerprint density at radius 1 is 1.08 bits per heavy atom. The highest BCUT2D eigenvalue weighted by molar-refractivity contribution is 8.15. The monoisotopic (exact) mass is 344 g/mol. The van der Waals surface area contributed by atoms with Gasteiger partial charge in [0.2, 0.25) is 12.0 Å². The molecule has 1 saturated heterocycles. The number of thioether (sulfide) groups is 1. The fraction of sp³-hybridized carbons (Fsp3) is 0.222. The minimum atomic E-state index is -0.435. The van der Waals surface area contributed by atoms with Gasteiger partial charge in [0.15, 0.2) is 6.61 Å². The van der Waals surface area contributed by atoms with Crippen molar-refractivity contribution in [2.24, 2.45) is 0 Å². The summed E-state index contributed by atoms with van der Waals surface area (Å²) in [4.78, 5) is 22.7. The summed E-state index contributed by atoms with van der Waals surface area (Å²) in [6, 6.07) is 17.0. The zero-order valence-corrected chi connectivity index (χ0v) is 13.7. The average Bonchev–Trinajstić information content (AvgIpc) is 2.92. The molecular weight excluding hydrogens is 326 g/mol. The Labute approximate surface area is 144 Å². The molecule has 0 spiro atoms. The fourth-order valence-corrected chi connectivity index (χ4v) is 3.28. The van der Waals surface area contributed by atoms with Gasteiger partial charge in [0.05, 0.1) is 5.25 Å². The number of nitrogens with one attached hydrogen (secondary N) is 1. The molecule has 3 rings (SSSR count). The van der Waals surface area contributed by atoms with E-state index >= 15 is 0 Å². The van der Waals surface area contributed by atoms with Crippen LogP contribution in [-0.2, 0) is 11.2 Å². The molecule has 0 aliphatic carbocycles. The molecule has 1 unspecified atom stereocenters. The van der Waals surface area contributed by atoms with Gasteiger partial charge in [-0.15, -0.1) is 0 Å². The zero-order chi connectivity index (χ0) is 16.9. The summed E-state index contributed by atoms with van der Waals surface area (Å²) in [5, 5.41) is 9.73. The van der Waals surface area contributed by atoms with Crippen LogP contribution in [0.2, 0.25) is 0 Å². The van der Waals surface area contributed by atoms with Crippen molar-refractivity contribution in [2.45, 2.75) is 17.8 Å². The van der Waals surface area contributed by atoms with E-state index in [0.29, 0.717) is 12.2 Å². The van der Waals surface area contributed by atoms with Crippen molar-refractivity contribution in [3.8, 4) is 5.75 Å². The first-order valence-electron chi connectivity index (χ1n) is 7.61. The van der Waals surface area contributed by atoms with Gasteiger partial charge in [-0.3, -0.25) is 14.9 Å². The molecule has 2 aromatic rings. The molecule has 0 aromatic heterocycles. The van der Waals surface area contributed by atoms with Gasteiger partial charge in [0, 0.05) is 5.56 Å². The Bertz CT molecular complexity index is 718. The first kappa shape index (κ1) is 16.5. The van der Waals surface area contributed by atoms with Gasteiger partial charge < -0.3 is 9.84 Å². The number of hydrogen-bond acceptors (Lipinski definition) is 4. The summed E-state index contributed by atoms with van der Waals surface area (Å²) in [6.45, 7) is 0.277. The van der Waals surface area contributed by atoms with Gasteiger partial charge in [0.1, 0.15) is 5.75 Å². The lowest BCUT2D eigenvalue weighted by Gasteiger charge is -2.11. The number of imide groups is 1. The number of ether oxygens (including phenoxy) is 1. The van der Waals surface area contributed by atoms with Crippen LogP contribution in [0.3, 0.4) is 0 Å². The van der Waals surface area contributed by atoms with Gasteiger partial charge in [0.25, 0.3) is 5.24 Å². The number of carbonyl (C=O) groups excluding carboxylic acids is 2. The second-order valence-corrected chi connectivity index (χ2v) is 6.68. The van der Waals surface area contributed by atoms with Crippen LogP contribution in [0.1, 0.15) is 17.2 Å². The quantitative estimate of drug-likeness (QED) is 0.816. The Morgan fingerprint density at radius 3 is 2.42 bits per heavy atom. The van der Waals surface area contributed by atoms with Crippen molar-refractivity contribution in [1.29, 1.82) is 0 Å². The third kappa shape index (κ3) is 4.15. The highest BCUT2D eigenvalue weighted by Crippen LogP contribution is 2.24. The standard InChI is InChI=1S/C18H17NO4S/c20-15(13-4-2-1-3-5-13)11-23-14-8-6-12(7-9-14)10-16-17(21)19-18(22)24-16/h1-9,15-16,20H,10-11H2,(H,19,21,22)/p+1/t15-,16?/m1/s1. The van der Waals surface area contributed by atoms with Crippen LogP contribution >= 0.6 is 11.8 Å². The van der Waals surface area contributed by atoms with E-state index in [0.717, 1.165) is 22.9 Å². The highest BCUT2D eigenvalue weighted by atomic mass is 32.2. The maximum atomic E-state index is 11.6. The van der Waals surface area contributed by atoms with E-state index in [9.17, 15) is 9.59 Å². The smallest absolute Gasteiger partial charge is 0.286 e. The third-order valence-electron chi connectivity index (χ3n) is 3.73. The molecule has 3 N–H and O–H groups in total. The largest absolute Gasteiger partial charge is 0.485 e. The number of hydrogen-bond donors (Lipinski definition) is 1. The second-order valence-electron chi connectivity index (χ2n) is 5.51. The van der Waals surface area contributed by atoms with Crippen molar-refractivity contribution in [3.05, 3.63) is 65.7 Å². The van der Waals surface area contributed by atoms with Crippen LogP contribution in [0.15, 0.2) is 54.6 Å². The summed E-state index contributed by atoms with van der Waals surface area (Å²) < 4.78 is 5.66.